The Morgan fingerprint density at radius 1 is 0.889 bits per heavy atom. The number of hydrogen-bond donors (Lipinski definition) is 0. The van der Waals surface area contributed by atoms with E-state index >= 15 is 0 Å². The van der Waals surface area contributed by atoms with Crippen molar-refractivity contribution in [3.63, 3.8) is 0 Å². The molecule has 0 aliphatic heterocycles. The van der Waals surface area contributed by atoms with Crippen molar-refractivity contribution in [2.45, 2.75) is 85.2 Å². The van der Waals surface area contributed by atoms with Crippen molar-refractivity contribution in [2.75, 3.05) is 7.11 Å². The number of allylic oxidation sites excluding steroid dienone is 1. The Hall–Kier alpha value is 1.40. The van der Waals surface area contributed by atoms with Crippen LogP contribution in [0.2, 0.25) is 18.0 Å². The summed E-state index contributed by atoms with van der Waals surface area (Å²) in [5.74, 6) is 6.77. The molecule has 0 amide bonds. The Balaban J connectivity index is 0.00000210. The Kier molecular flexibility index (Phi) is 6.42. The molecule has 27 heavy (non-hydrogen) atoms. The van der Waals surface area contributed by atoms with Crippen LogP contribution in [0.25, 0.3) is 0 Å². The van der Waals surface area contributed by atoms with Gasteiger partial charge in [-0.05, 0) is 54.5 Å². The SMILES string of the molecule is C=CC[B-](OC)([C@@H]1C[C@@H]2C[C@H]([C@H]1C)C2(C)C)[C@@H]1C[C@@H]2C[C@H]([C@H]1C)C2(C)C.[K+]. The van der Waals surface area contributed by atoms with Gasteiger partial charge in [0.15, 0.2) is 0 Å². The van der Waals surface area contributed by atoms with Crippen LogP contribution in [0.15, 0.2) is 12.7 Å². The van der Waals surface area contributed by atoms with Crippen molar-refractivity contribution < 1.29 is 56.0 Å². The first-order valence-corrected chi connectivity index (χ1v) is 11.4. The summed E-state index contributed by atoms with van der Waals surface area (Å²) in [5.41, 5.74) is 1.12. The standard InChI is InChI=1S/C24H42BO.K/c1-9-10-25(26-8,21-13-17-11-19(15(21)2)23(17,4)5)22-14-18-12-20(16(22)3)24(18,6)7;/h9,15-22H,1,10-14H2,2-8H3;/q-1;+1/t15-,16-,17+,18+,19-,20-,21-,22-;/m1./s1. The van der Waals surface area contributed by atoms with Gasteiger partial charge in [0.1, 0.15) is 6.35 Å². The van der Waals surface area contributed by atoms with E-state index in [9.17, 15) is 0 Å². The molecule has 6 saturated carbocycles. The minimum atomic E-state index is -0.829. The molecule has 0 N–H and O–H groups in total. The first kappa shape index (κ1) is 23.1. The van der Waals surface area contributed by atoms with Gasteiger partial charge in [0.2, 0.25) is 0 Å². The normalized spacial score (nSPS) is 46.5. The van der Waals surface area contributed by atoms with Gasteiger partial charge in [-0.1, -0.05) is 66.2 Å². The summed E-state index contributed by atoms with van der Waals surface area (Å²) in [6.07, 6.45) is 8.19. The fraction of sp³-hybridized carbons (Fsp3) is 0.917. The van der Waals surface area contributed by atoms with Crippen LogP contribution in [0.1, 0.15) is 67.2 Å². The number of fused-ring (bicyclic) bond motifs is 4. The van der Waals surface area contributed by atoms with Gasteiger partial charge < -0.3 is 4.65 Å². The molecule has 4 bridgehead atoms. The van der Waals surface area contributed by atoms with Crippen molar-refractivity contribution >= 4 is 6.35 Å². The molecule has 0 heterocycles. The molecule has 0 unspecified atom stereocenters. The smallest absolute Gasteiger partial charge is 0.592 e. The van der Waals surface area contributed by atoms with E-state index in [1.165, 1.54) is 25.7 Å². The zero-order chi connectivity index (χ0) is 19.1. The molecule has 6 rings (SSSR count). The molecule has 148 valence electrons. The molecule has 0 radical (unpaired) electrons. The third-order valence-corrected chi connectivity index (χ3v) is 11.2. The third-order valence-electron chi connectivity index (χ3n) is 11.2. The van der Waals surface area contributed by atoms with Crippen molar-refractivity contribution in [3.05, 3.63) is 12.7 Å². The second-order valence-electron chi connectivity index (χ2n) is 12.1. The van der Waals surface area contributed by atoms with Crippen LogP contribution in [0.4, 0.5) is 0 Å². The van der Waals surface area contributed by atoms with Gasteiger partial charge in [0, 0.05) is 0 Å². The minimum Gasteiger partial charge on any atom is -0.592 e. The summed E-state index contributed by atoms with van der Waals surface area (Å²) >= 11 is 0. The summed E-state index contributed by atoms with van der Waals surface area (Å²) in [5, 5.41) is 0. The predicted octanol–water partition coefficient (Wildman–Crippen LogP) is 3.91. The second-order valence-corrected chi connectivity index (χ2v) is 12.1. The zero-order valence-electron chi connectivity index (χ0n) is 19.4. The summed E-state index contributed by atoms with van der Waals surface area (Å²) in [4.78, 5) is 0. The maximum atomic E-state index is 6.66. The van der Waals surface area contributed by atoms with Gasteiger partial charge in [-0.15, -0.1) is 30.6 Å². The van der Waals surface area contributed by atoms with Crippen molar-refractivity contribution in [2.24, 2.45) is 46.3 Å². The van der Waals surface area contributed by atoms with E-state index < -0.39 is 6.35 Å². The summed E-state index contributed by atoms with van der Waals surface area (Å²) < 4.78 is 6.66. The summed E-state index contributed by atoms with van der Waals surface area (Å²) in [6, 6.07) is 0. The summed E-state index contributed by atoms with van der Waals surface area (Å²) in [6.45, 7) is 19.4. The Morgan fingerprint density at radius 3 is 1.56 bits per heavy atom. The van der Waals surface area contributed by atoms with Crippen molar-refractivity contribution in [1.82, 2.24) is 0 Å². The van der Waals surface area contributed by atoms with Gasteiger partial charge in [0.25, 0.3) is 0 Å². The van der Waals surface area contributed by atoms with Crippen LogP contribution in [-0.2, 0) is 4.65 Å². The van der Waals surface area contributed by atoms with E-state index in [2.05, 4.69) is 54.2 Å². The van der Waals surface area contributed by atoms with E-state index in [0.29, 0.717) is 10.8 Å². The third kappa shape index (κ3) is 3.03. The van der Waals surface area contributed by atoms with Gasteiger partial charge in [-0.3, -0.25) is 0 Å². The van der Waals surface area contributed by atoms with Crippen LogP contribution in [0, 0.1) is 46.3 Å². The van der Waals surface area contributed by atoms with Gasteiger partial charge >= 0.3 is 51.4 Å². The fourth-order valence-corrected chi connectivity index (χ4v) is 9.24. The van der Waals surface area contributed by atoms with E-state index in [1.807, 2.05) is 7.11 Å². The Morgan fingerprint density at radius 2 is 1.30 bits per heavy atom. The minimum absolute atomic E-state index is 0. The van der Waals surface area contributed by atoms with Crippen molar-refractivity contribution in [1.29, 1.82) is 0 Å². The van der Waals surface area contributed by atoms with Gasteiger partial charge in [-0.25, -0.2) is 0 Å². The molecule has 6 fully saturated rings. The average molecular weight is 397 g/mol. The molecule has 0 aromatic heterocycles. The van der Waals surface area contributed by atoms with Crippen LogP contribution in [0.5, 0.6) is 0 Å². The van der Waals surface area contributed by atoms with E-state index in [-0.39, 0.29) is 51.4 Å². The molecular formula is C24H42BKO. The van der Waals surface area contributed by atoms with Gasteiger partial charge in [-0.2, -0.15) is 0 Å². The Labute approximate surface area is 211 Å². The first-order valence-electron chi connectivity index (χ1n) is 11.4. The molecule has 0 spiro atoms. The molecule has 0 aromatic rings. The molecule has 6 aliphatic carbocycles. The largest absolute Gasteiger partial charge is 1.00 e. The quantitative estimate of drug-likeness (QED) is 0.506. The molecule has 3 heteroatoms. The van der Waals surface area contributed by atoms with Crippen molar-refractivity contribution in [3.8, 4) is 0 Å². The topological polar surface area (TPSA) is 9.23 Å². The zero-order valence-corrected chi connectivity index (χ0v) is 22.5. The average Bonchev–Trinajstić information content (AvgIpc) is 2.59. The molecule has 0 aromatic carbocycles. The van der Waals surface area contributed by atoms with E-state index in [0.717, 1.165) is 53.5 Å². The molecule has 6 aliphatic rings. The molecule has 1 nitrogen and oxygen atoms in total. The van der Waals surface area contributed by atoms with Crippen LogP contribution >= 0.6 is 0 Å². The van der Waals surface area contributed by atoms with E-state index in [1.54, 1.807) is 0 Å². The van der Waals surface area contributed by atoms with Crippen LogP contribution in [0.3, 0.4) is 0 Å². The summed E-state index contributed by atoms with van der Waals surface area (Å²) in [7, 11) is 2.04. The number of hydrogen-bond acceptors (Lipinski definition) is 1. The first-order chi connectivity index (χ1) is 12.1. The predicted molar refractivity (Wildman–Crippen MR) is 114 cm³/mol. The molecule has 0 saturated heterocycles. The van der Waals surface area contributed by atoms with Crippen LogP contribution in [-0.4, -0.2) is 13.5 Å². The molecular weight excluding hydrogens is 354 g/mol. The second kappa shape index (κ2) is 7.52. The maximum Gasteiger partial charge on any atom is 1.00 e. The maximum absolute atomic E-state index is 6.66. The number of rotatable bonds is 5. The molecule has 8 atom stereocenters. The Bertz CT molecular complexity index is 543. The fourth-order valence-electron chi connectivity index (χ4n) is 9.24. The van der Waals surface area contributed by atoms with E-state index in [4.69, 9.17) is 4.65 Å². The van der Waals surface area contributed by atoms with Crippen LogP contribution < -0.4 is 51.4 Å². The monoisotopic (exact) mass is 396 g/mol. The van der Waals surface area contributed by atoms with Gasteiger partial charge in [0.05, 0.1) is 0 Å².